The van der Waals surface area contributed by atoms with Crippen LogP contribution in [0.1, 0.15) is 19.9 Å². The second-order valence-corrected chi connectivity index (χ2v) is 7.65. The summed E-state index contributed by atoms with van der Waals surface area (Å²) in [5.41, 5.74) is 5.18. The zero-order valence-corrected chi connectivity index (χ0v) is 15.8. The number of thiazole rings is 1. The molecule has 0 aliphatic heterocycles. The van der Waals surface area contributed by atoms with Crippen molar-refractivity contribution in [2.24, 2.45) is 0 Å². The second kappa shape index (κ2) is 6.15. The van der Waals surface area contributed by atoms with Gasteiger partial charge in [0.15, 0.2) is 0 Å². The second-order valence-electron chi connectivity index (χ2n) is 5.94. The minimum absolute atomic E-state index is 0.428. The summed E-state index contributed by atoms with van der Waals surface area (Å²) in [5.74, 6) is 0. The Morgan fingerprint density at radius 3 is 2.62 bits per heavy atom. The summed E-state index contributed by atoms with van der Waals surface area (Å²) in [6.07, 6.45) is 2.10. The molecule has 4 aromatic rings. The summed E-state index contributed by atoms with van der Waals surface area (Å²) >= 11 is 5.22. The molecule has 0 atom stereocenters. The molecule has 0 amide bonds. The van der Waals surface area contributed by atoms with Crippen molar-refractivity contribution in [3.05, 3.63) is 58.5 Å². The van der Waals surface area contributed by atoms with Crippen molar-refractivity contribution in [3.8, 4) is 22.0 Å². The van der Waals surface area contributed by atoms with Crippen LogP contribution in [0.2, 0.25) is 0 Å². The molecule has 3 nitrogen and oxygen atoms in total. The molecule has 120 valence electrons. The lowest BCUT2D eigenvalue weighted by molar-refractivity contribution is 0.623. The number of benzene rings is 1. The fourth-order valence-electron chi connectivity index (χ4n) is 2.79. The van der Waals surface area contributed by atoms with Gasteiger partial charge in [-0.15, -0.1) is 11.3 Å². The summed E-state index contributed by atoms with van der Waals surface area (Å²) in [5, 5.41) is 3.03. The zero-order chi connectivity index (χ0) is 16.7. The van der Waals surface area contributed by atoms with Crippen LogP contribution >= 0.6 is 27.3 Å². The Balaban J connectivity index is 1.75. The molecule has 0 N–H and O–H groups in total. The molecule has 0 radical (unpaired) electrons. The molecule has 0 aliphatic carbocycles. The van der Waals surface area contributed by atoms with E-state index >= 15 is 0 Å². The van der Waals surface area contributed by atoms with Crippen LogP contribution in [0, 0.1) is 0 Å². The number of halogens is 1. The summed E-state index contributed by atoms with van der Waals surface area (Å²) in [4.78, 5) is 9.57. The van der Waals surface area contributed by atoms with E-state index in [1.54, 1.807) is 11.3 Å². The third kappa shape index (κ3) is 2.68. The maximum atomic E-state index is 4.79. The minimum Gasteiger partial charge on any atom is -0.344 e. The van der Waals surface area contributed by atoms with Crippen molar-refractivity contribution in [2.75, 3.05) is 0 Å². The van der Waals surface area contributed by atoms with Gasteiger partial charge >= 0.3 is 0 Å². The number of nitrogens with zero attached hydrogens (tertiary/aromatic N) is 3. The maximum absolute atomic E-state index is 4.79. The molecule has 0 saturated heterocycles. The SMILES string of the molecule is CC(C)n1ccc2nc(-c3nc(-c4ccccc4Br)cs3)ccc21. The summed E-state index contributed by atoms with van der Waals surface area (Å²) in [6.45, 7) is 4.36. The van der Waals surface area contributed by atoms with E-state index in [4.69, 9.17) is 9.97 Å². The van der Waals surface area contributed by atoms with Crippen LogP contribution in [0.5, 0.6) is 0 Å². The molecule has 24 heavy (non-hydrogen) atoms. The van der Waals surface area contributed by atoms with Gasteiger partial charge in [0.2, 0.25) is 0 Å². The lowest BCUT2D eigenvalue weighted by Gasteiger charge is -2.08. The topological polar surface area (TPSA) is 30.7 Å². The lowest BCUT2D eigenvalue weighted by atomic mass is 10.2. The molecule has 0 spiro atoms. The van der Waals surface area contributed by atoms with Crippen molar-refractivity contribution >= 4 is 38.3 Å². The predicted octanol–water partition coefficient (Wildman–Crippen LogP) is 6.17. The van der Waals surface area contributed by atoms with Crippen molar-refractivity contribution in [3.63, 3.8) is 0 Å². The van der Waals surface area contributed by atoms with E-state index in [2.05, 4.69) is 70.2 Å². The number of aromatic nitrogens is 3. The number of hydrogen-bond donors (Lipinski definition) is 0. The number of rotatable bonds is 3. The first-order valence-corrected chi connectivity index (χ1v) is 9.49. The first kappa shape index (κ1) is 15.5. The van der Waals surface area contributed by atoms with Gasteiger partial charge in [0, 0.05) is 27.7 Å². The summed E-state index contributed by atoms with van der Waals surface area (Å²) in [6, 6.07) is 14.8. The quantitative estimate of drug-likeness (QED) is 0.413. The Hall–Kier alpha value is -1.98. The highest BCUT2D eigenvalue weighted by atomic mass is 79.9. The highest BCUT2D eigenvalue weighted by Crippen LogP contribution is 2.32. The third-order valence-corrected chi connectivity index (χ3v) is 5.56. The van der Waals surface area contributed by atoms with Gasteiger partial charge in [0.1, 0.15) is 5.01 Å². The lowest BCUT2D eigenvalue weighted by Crippen LogP contribution is -1.98. The van der Waals surface area contributed by atoms with Gasteiger partial charge in [0.25, 0.3) is 0 Å². The fraction of sp³-hybridized carbons (Fsp3) is 0.158. The van der Waals surface area contributed by atoms with Crippen LogP contribution in [0.3, 0.4) is 0 Å². The highest BCUT2D eigenvalue weighted by molar-refractivity contribution is 9.10. The molecule has 3 aromatic heterocycles. The van der Waals surface area contributed by atoms with E-state index in [9.17, 15) is 0 Å². The number of hydrogen-bond acceptors (Lipinski definition) is 3. The third-order valence-electron chi connectivity index (χ3n) is 4.00. The van der Waals surface area contributed by atoms with Crippen molar-refractivity contribution in [1.82, 2.24) is 14.5 Å². The Morgan fingerprint density at radius 1 is 1.00 bits per heavy atom. The summed E-state index contributed by atoms with van der Waals surface area (Å²) in [7, 11) is 0. The van der Waals surface area contributed by atoms with E-state index in [1.165, 1.54) is 0 Å². The Morgan fingerprint density at radius 2 is 1.83 bits per heavy atom. The van der Waals surface area contributed by atoms with E-state index < -0.39 is 0 Å². The molecule has 3 heterocycles. The monoisotopic (exact) mass is 397 g/mol. The first-order chi connectivity index (χ1) is 11.6. The van der Waals surface area contributed by atoms with Crippen molar-refractivity contribution in [1.29, 1.82) is 0 Å². The molecular weight excluding hydrogens is 382 g/mol. The van der Waals surface area contributed by atoms with Crippen molar-refractivity contribution < 1.29 is 0 Å². The predicted molar refractivity (Wildman–Crippen MR) is 104 cm³/mol. The van der Waals surface area contributed by atoms with E-state index in [-0.39, 0.29) is 0 Å². The van der Waals surface area contributed by atoms with Gasteiger partial charge in [0.05, 0.1) is 22.4 Å². The Kier molecular flexibility index (Phi) is 3.98. The van der Waals surface area contributed by atoms with Crippen LogP contribution in [0.4, 0.5) is 0 Å². The average Bonchev–Trinajstić information content (AvgIpc) is 3.21. The van der Waals surface area contributed by atoms with Gasteiger partial charge in [-0.2, -0.15) is 0 Å². The smallest absolute Gasteiger partial charge is 0.142 e. The van der Waals surface area contributed by atoms with Crippen LogP contribution in [-0.2, 0) is 0 Å². The minimum atomic E-state index is 0.428. The number of pyridine rings is 1. The van der Waals surface area contributed by atoms with Gasteiger partial charge in [-0.1, -0.05) is 34.1 Å². The van der Waals surface area contributed by atoms with Gasteiger partial charge in [-0.3, -0.25) is 0 Å². The van der Waals surface area contributed by atoms with E-state index in [0.717, 1.165) is 37.5 Å². The van der Waals surface area contributed by atoms with Crippen molar-refractivity contribution in [2.45, 2.75) is 19.9 Å². The van der Waals surface area contributed by atoms with E-state index in [1.807, 2.05) is 18.2 Å². The van der Waals surface area contributed by atoms with Crippen LogP contribution < -0.4 is 0 Å². The Labute approximate surface area is 153 Å². The fourth-order valence-corrected chi connectivity index (χ4v) is 4.07. The molecule has 0 bridgehead atoms. The molecule has 0 unspecified atom stereocenters. The number of fused-ring (bicyclic) bond motifs is 1. The summed E-state index contributed by atoms with van der Waals surface area (Å²) < 4.78 is 3.29. The van der Waals surface area contributed by atoms with Gasteiger partial charge in [-0.25, -0.2) is 9.97 Å². The molecule has 4 rings (SSSR count). The average molecular weight is 398 g/mol. The molecule has 5 heteroatoms. The first-order valence-electron chi connectivity index (χ1n) is 7.82. The highest BCUT2D eigenvalue weighted by Gasteiger charge is 2.12. The molecule has 0 fully saturated rings. The maximum Gasteiger partial charge on any atom is 0.142 e. The standard InChI is InChI=1S/C19H16BrN3S/c1-12(2)23-10-9-15-18(23)8-7-16(21-15)19-22-17(11-24-19)13-5-3-4-6-14(13)20/h3-12H,1-2H3. The molecular formula is C19H16BrN3S. The van der Waals surface area contributed by atoms with Gasteiger partial charge in [-0.05, 0) is 38.1 Å². The van der Waals surface area contributed by atoms with E-state index in [0.29, 0.717) is 6.04 Å². The van der Waals surface area contributed by atoms with Crippen LogP contribution in [0.25, 0.3) is 33.0 Å². The normalized spacial score (nSPS) is 11.5. The Bertz CT molecular complexity index is 1020. The molecule has 0 aliphatic rings. The van der Waals surface area contributed by atoms with Crippen LogP contribution in [0.15, 0.2) is 58.5 Å². The van der Waals surface area contributed by atoms with Gasteiger partial charge < -0.3 is 4.57 Å². The largest absolute Gasteiger partial charge is 0.344 e. The zero-order valence-electron chi connectivity index (χ0n) is 13.4. The van der Waals surface area contributed by atoms with Crippen LogP contribution in [-0.4, -0.2) is 14.5 Å². The molecule has 0 saturated carbocycles. The molecule has 1 aromatic carbocycles.